The highest BCUT2D eigenvalue weighted by molar-refractivity contribution is 4.99. The van der Waals surface area contributed by atoms with E-state index < -0.39 is 0 Å². The fourth-order valence-corrected chi connectivity index (χ4v) is 1.58. The molecule has 1 aromatic heterocycles. The molecule has 1 aromatic rings. The summed E-state index contributed by atoms with van der Waals surface area (Å²) in [6.45, 7) is 3.24. The largest absolute Gasteiger partial charge is 0.307 e. The van der Waals surface area contributed by atoms with Crippen molar-refractivity contribution in [2.45, 2.75) is 32.2 Å². The van der Waals surface area contributed by atoms with E-state index in [1.807, 2.05) is 0 Å². The van der Waals surface area contributed by atoms with Crippen molar-refractivity contribution < 1.29 is 0 Å². The van der Waals surface area contributed by atoms with E-state index in [0.717, 1.165) is 24.7 Å². The topological polar surface area (TPSA) is 53.6 Å². The lowest BCUT2D eigenvalue weighted by atomic mass is 10.1. The Labute approximate surface area is 78.1 Å². The molecule has 1 atom stereocenters. The lowest BCUT2D eigenvalue weighted by Gasteiger charge is -2.14. The van der Waals surface area contributed by atoms with Gasteiger partial charge in [-0.1, -0.05) is 6.92 Å². The second-order valence-corrected chi connectivity index (χ2v) is 3.64. The van der Waals surface area contributed by atoms with E-state index >= 15 is 0 Å². The lowest BCUT2D eigenvalue weighted by molar-refractivity contribution is 0.460. The molecule has 0 radical (unpaired) electrons. The van der Waals surface area contributed by atoms with Crippen molar-refractivity contribution in [3.05, 3.63) is 12.2 Å². The minimum absolute atomic E-state index is 0.405. The summed E-state index contributed by atoms with van der Waals surface area (Å²) in [6, 6.07) is 0.405. The number of nitrogens with zero attached hydrogens (tertiary/aromatic N) is 2. The van der Waals surface area contributed by atoms with Gasteiger partial charge in [0.15, 0.2) is 0 Å². The molecule has 13 heavy (non-hydrogen) atoms. The van der Waals surface area contributed by atoms with E-state index in [9.17, 15) is 0 Å². The molecule has 2 N–H and O–H groups in total. The molecule has 1 unspecified atom stereocenters. The highest BCUT2D eigenvalue weighted by atomic mass is 15.2. The van der Waals surface area contributed by atoms with Crippen LogP contribution in [-0.4, -0.2) is 21.7 Å². The first kappa shape index (κ1) is 8.69. The van der Waals surface area contributed by atoms with Gasteiger partial charge in [-0.05, 0) is 31.7 Å². The fraction of sp³-hybridized carbons (Fsp3) is 0.778. The van der Waals surface area contributed by atoms with E-state index in [1.54, 1.807) is 6.33 Å². The second-order valence-electron chi connectivity index (χ2n) is 3.64. The van der Waals surface area contributed by atoms with E-state index in [4.69, 9.17) is 0 Å². The van der Waals surface area contributed by atoms with Crippen molar-refractivity contribution in [2.75, 3.05) is 6.54 Å². The number of hydrogen-bond acceptors (Lipinski definition) is 3. The number of rotatable bonds is 5. The molecule has 4 nitrogen and oxygen atoms in total. The van der Waals surface area contributed by atoms with Gasteiger partial charge in [0.1, 0.15) is 12.2 Å². The molecule has 1 aliphatic carbocycles. The summed E-state index contributed by atoms with van der Waals surface area (Å²) in [6.07, 6.45) is 5.39. The molecular weight excluding hydrogens is 164 g/mol. The first-order chi connectivity index (χ1) is 6.42. The Hall–Kier alpha value is -0.900. The van der Waals surface area contributed by atoms with Crippen molar-refractivity contribution in [3.63, 3.8) is 0 Å². The predicted molar refractivity (Wildman–Crippen MR) is 50.1 cm³/mol. The van der Waals surface area contributed by atoms with Gasteiger partial charge < -0.3 is 5.32 Å². The SMILES string of the molecule is CCCNC(c1ncn[nH]1)C1CC1. The Balaban J connectivity index is 1.97. The fourth-order valence-electron chi connectivity index (χ4n) is 1.58. The Morgan fingerprint density at radius 1 is 1.69 bits per heavy atom. The first-order valence-corrected chi connectivity index (χ1v) is 5.00. The zero-order valence-corrected chi connectivity index (χ0v) is 7.95. The van der Waals surface area contributed by atoms with Crippen LogP contribution in [0.15, 0.2) is 6.33 Å². The predicted octanol–water partition coefficient (Wildman–Crippen LogP) is 1.26. The van der Waals surface area contributed by atoms with Gasteiger partial charge in [0.05, 0.1) is 6.04 Å². The molecule has 4 heteroatoms. The molecule has 0 aliphatic heterocycles. The van der Waals surface area contributed by atoms with Gasteiger partial charge >= 0.3 is 0 Å². The van der Waals surface area contributed by atoms with Gasteiger partial charge in [0, 0.05) is 0 Å². The van der Waals surface area contributed by atoms with E-state index in [-0.39, 0.29) is 0 Å². The second kappa shape index (κ2) is 3.87. The maximum absolute atomic E-state index is 4.20. The van der Waals surface area contributed by atoms with Crippen LogP contribution in [-0.2, 0) is 0 Å². The molecule has 0 saturated heterocycles. The molecule has 1 fully saturated rings. The van der Waals surface area contributed by atoms with Crippen molar-refractivity contribution in [3.8, 4) is 0 Å². The highest BCUT2D eigenvalue weighted by Crippen LogP contribution is 2.39. The standard InChI is InChI=1S/C9H16N4/c1-2-5-10-8(7-3-4-7)9-11-6-12-13-9/h6-8,10H,2-5H2,1H3,(H,11,12,13). The summed E-state index contributed by atoms with van der Waals surface area (Å²) in [7, 11) is 0. The first-order valence-electron chi connectivity index (χ1n) is 5.00. The zero-order valence-electron chi connectivity index (χ0n) is 7.95. The summed E-state index contributed by atoms with van der Waals surface area (Å²) < 4.78 is 0. The monoisotopic (exact) mass is 180 g/mol. The van der Waals surface area contributed by atoms with Crippen molar-refractivity contribution >= 4 is 0 Å². The van der Waals surface area contributed by atoms with Crippen LogP contribution in [0, 0.1) is 5.92 Å². The number of aromatic amines is 1. The molecule has 0 bridgehead atoms. The van der Waals surface area contributed by atoms with E-state index in [0.29, 0.717) is 6.04 Å². The Kier molecular flexibility index (Phi) is 2.59. The maximum atomic E-state index is 4.20. The number of nitrogens with one attached hydrogen (secondary N) is 2. The molecule has 0 spiro atoms. The third kappa shape index (κ3) is 2.06. The number of hydrogen-bond donors (Lipinski definition) is 2. The smallest absolute Gasteiger partial charge is 0.141 e. The average molecular weight is 180 g/mol. The Morgan fingerprint density at radius 2 is 2.54 bits per heavy atom. The molecule has 72 valence electrons. The normalized spacial score (nSPS) is 18.8. The van der Waals surface area contributed by atoms with Crippen LogP contribution in [0.25, 0.3) is 0 Å². The van der Waals surface area contributed by atoms with Crippen LogP contribution in [0.1, 0.15) is 38.1 Å². The summed E-state index contributed by atoms with van der Waals surface area (Å²) in [5.74, 6) is 1.77. The van der Waals surface area contributed by atoms with Crippen LogP contribution in [0.2, 0.25) is 0 Å². The average Bonchev–Trinajstić information content (AvgIpc) is 2.82. The quantitative estimate of drug-likeness (QED) is 0.717. The molecule has 2 rings (SSSR count). The zero-order chi connectivity index (χ0) is 9.10. The van der Waals surface area contributed by atoms with Crippen molar-refractivity contribution in [2.24, 2.45) is 5.92 Å². The third-order valence-corrected chi connectivity index (χ3v) is 2.44. The van der Waals surface area contributed by atoms with Crippen LogP contribution < -0.4 is 5.32 Å². The highest BCUT2D eigenvalue weighted by Gasteiger charge is 2.33. The number of H-pyrrole nitrogens is 1. The maximum Gasteiger partial charge on any atom is 0.141 e. The van der Waals surface area contributed by atoms with Gasteiger partial charge in [0.2, 0.25) is 0 Å². The van der Waals surface area contributed by atoms with Crippen LogP contribution in [0.3, 0.4) is 0 Å². The van der Waals surface area contributed by atoms with Gasteiger partial charge in [-0.25, -0.2) is 4.98 Å². The molecule has 0 amide bonds. The molecule has 1 heterocycles. The Bertz CT molecular complexity index is 240. The molecule has 0 aromatic carbocycles. The van der Waals surface area contributed by atoms with Crippen molar-refractivity contribution in [1.82, 2.24) is 20.5 Å². The van der Waals surface area contributed by atoms with Gasteiger partial charge in [-0.2, -0.15) is 5.10 Å². The van der Waals surface area contributed by atoms with Gasteiger partial charge in [-0.3, -0.25) is 5.10 Å². The summed E-state index contributed by atoms with van der Waals surface area (Å²) in [5, 5.41) is 10.3. The minimum atomic E-state index is 0.405. The van der Waals surface area contributed by atoms with Crippen LogP contribution >= 0.6 is 0 Å². The summed E-state index contributed by atoms with van der Waals surface area (Å²) >= 11 is 0. The van der Waals surface area contributed by atoms with E-state index in [1.165, 1.54) is 12.8 Å². The molecular formula is C9H16N4. The molecule has 1 saturated carbocycles. The van der Waals surface area contributed by atoms with Gasteiger partial charge in [-0.15, -0.1) is 0 Å². The van der Waals surface area contributed by atoms with Crippen molar-refractivity contribution in [1.29, 1.82) is 0 Å². The van der Waals surface area contributed by atoms with Crippen LogP contribution in [0.5, 0.6) is 0 Å². The Morgan fingerprint density at radius 3 is 3.08 bits per heavy atom. The lowest BCUT2D eigenvalue weighted by Crippen LogP contribution is -2.24. The summed E-state index contributed by atoms with van der Waals surface area (Å²) in [4.78, 5) is 4.20. The molecule has 1 aliphatic rings. The minimum Gasteiger partial charge on any atom is -0.307 e. The van der Waals surface area contributed by atoms with Crippen LogP contribution in [0.4, 0.5) is 0 Å². The number of aromatic nitrogens is 3. The summed E-state index contributed by atoms with van der Waals surface area (Å²) in [5.41, 5.74) is 0. The van der Waals surface area contributed by atoms with Gasteiger partial charge in [0.25, 0.3) is 0 Å². The van der Waals surface area contributed by atoms with E-state index in [2.05, 4.69) is 27.4 Å². The third-order valence-electron chi connectivity index (χ3n) is 2.44.